The van der Waals surface area contributed by atoms with Gasteiger partial charge in [-0.3, -0.25) is 5.43 Å². The molecule has 2 rings (SSSR count). The zero-order valence-electron chi connectivity index (χ0n) is 10.8. The van der Waals surface area contributed by atoms with Gasteiger partial charge in [0.25, 0.3) is 0 Å². The molecule has 0 heterocycles. The number of para-hydroxylation sites is 1. The topological polar surface area (TPSA) is 62.4 Å². The average molecular weight is 309 g/mol. The maximum absolute atomic E-state index is 6.21. The number of anilines is 1. The molecule has 0 aliphatic rings. The normalized spacial score (nSPS) is 11.3. The molecule has 104 valence electrons. The van der Waals surface area contributed by atoms with Crippen LogP contribution in [0.5, 0.6) is 0 Å². The van der Waals surface area contributed by atoms with Crippen LogP contribution in [0, 0.1) is 6.92 Å². The van der Waals surface area contributed by atoms with Gasteiger partial charge in [-0.1, -0.05) is 47.5 Å². The molecule has 2 aromatic rings. The van der Waals surface area contributed by atoms with Gasteiger partial charge < -0.3 is 5.32 Å². The molecule has 0 saturated carbocycles. The molecule has 0 atom stereocenters. The third-order valence-electron chi connectivity index (χ3n) is 2.66. The minimum atomic E-state index is 0.352. The van der Waals surface area contributed by atoms with E-state index in [-0.39, 0.29) is 0 Å². The second-order valence-corrected chi connectivity index (χ2v) is 4.91. The first-order valence-corrected chi connectivity index (χ1v) is 6.69. The summed E-state index contributed by atoms with van der Waals surface area (Å²) in [7, 11) is 0. The first kappa shape index (κ1) is 14.7. The molecule has 2 aromatic carbocycles. The number of hydrazine groups is 1. The maximum Gasteiger partial charge on any atom is 0.215 e. The Hall–Kier alpha value is -1.75. The summed E-state index contributed by atoms with van der Waals surface area (Å²) < 4.78 is 0. The lowest BCUT2D eigenvalue weighted by Crippen LogP contribution is -2.36. The summed E-state index contributed by atoms with van der Waals surface area (Å²) in [4.78, 5) is 4.34. The van der Waals surface area contributed by atoms with Gasteiger partial charge in [-0.05, 0) is 30.7 Å². The van der Waals surface area contributed by atoms with Crippen LogP contribution < -0.4 is 16.6 Å². The van der Waals surface area contributed by atoms with Gasteiger partial charge in [-0.15, -0.1) is 0 Å². The van der Waals surface area contributed by atoms with Crippen molar-refractivity contribution in [2.24, 2.45) is 10.8 Å². The molecule has 0 radical (unpaired) electrons. The molecule has 0 aromatic heterocycles. The van der Waals surface area contributed by atoms with E-state index in [0.717, 1.165) is 11.3 Å². The molecule has 4 nitrogen and oxygen atoms in total. The van der Waals surface area contributed by atoms with Gasteiger partial charge in [0, 0.05) is 5.69 Å². The predicted molar refractivity (Wildman–Crippen MR) is 85.7 cm³/mol. The van der Waals surface area contributed by atoms with Gasteiger partial charge in [0.05, 0.1) is 10.0 Å². The zero-order valence-corrected chi connectivity index (χ0v) is 12.3. The lowest BCUT2D eigenvalue weighted by molar-refractivity contribution is 1.02. The molecule has 0 amide bonds. The molecule has 6 heteroatoms. The van der Waals surface area contributed by atoms with Gasteiger partial charge in [-0.2, -0.15) is 0 Å². The number of rotatable bonds is 2. The Morgan fingerprint density at radius 1 is 1.10 bits per heavy atom. The SMILES string of the molecule is Cc1ccc(Cl)c(N=C(NN)Nc2ccccc2)c1Cl. The van der Waals surface area contributed by atoms with Crippen molar-refractivity contribution in [1.29, 1.82) is 0 Å². The van der Waals surface area contributed by atoms with Crippen molar-refractivity contribution in [3.8, 4) is 0 Å². The van der Waals surface area contributed by atoms with Crippen molar-refractivity contribution in [2.75, 3.05) is 5.32 Å². The van der Waals surface area contributed by atoms with E-state index >= 15 is 0 Å². The smallest absolute Gasteiger partial charge is 0.215 e. The van der Waals surface area contributed by atoms with Crippen molar-refractivity contribution in [3.63, 3.8) is 0 Å². The van der Waals surface area contributed by atoms with Crippen LogP contribution in [0.2, 0.25) is 10.0 Å². The predicted octanol–water partition coefficient (Wildman–Crippen LogP) is 3.86. The van der Waals surface area contributed by atoms with Gasteiger partial charge in [-0.25, -0.2) is 10.8 Å². The van der Waals surface area contributed by atoms with E-state index in [0.29, 0.717) is 21.7 Å². The summed E-state index contributed by atoms with van der Waals surface area (Å²) in [5, 5.41) is 4.01. The highest BCUT2D eigenvalue weighted by Crippen LogP contribution is 2.35. The highest BCUT2D eigenvalue weighted by molar-refractivity contribution is 6.39. The number of aliphatic imine (C=N–C) groups is 1. The molecule has 0 saturated heterocycles. The number of hydrogen-bond donors (Lipinski definition) is 3. The first-order valence-electron chi connectivity index (χ1n) is 5.94. The number of aryl methyl sites for hydroxylation is 1. The minimum absolute atomic E-state index is 0.352. The minimum Gasteiger partial charge on any atom is -0.325 e. The summed E-state index contributed by atoms with van der Waals surface area (Å²) in [6.45, 7) is 1.89. The largest absolute Gasteiger partial charge is 0.325 e. The Morgan fingerprint density at radius 2 is 1.80 bits per heavy atom. The number of nitrogens with one attached hydrogen (secondary N) is 2. The van der Waals surface area contributed by atoms with E-state index in [9.17, 15) is 0 Å². The van der Waals surface area contributed by atoms with E-state index < -0.39 is 0 Å². The Balaban J connectivity index is 2.34. The maximum atomic E-state index is 6.21. The van der Waals surface area contributed by atoms with Crippen LogP contribution >= 0.6 is 23.2 Å². The van der Waals surface area contributed by atoms with Crippen molar-refractivity contribution in [2.45, 2.75) is 6.92 Å². The molecule has 0 spiro atoms. The number of hydrogen-bond acceptors (Lipinski definition) is 2. The van der Waals surface area contributed by atoms with Gasteiger partial charge in [0.1, 0.15) is 5.69 Å². The van der Waals surface area contributed by atoms with E-state index in [1.165, 1.54) is 0 Å². The summed E-state index contributed by atoms with van der Waals surface area (Å²) in [6, 6.07) is 13.1. The monoisotopic (exact) mass is 308 g/mol. The third-order valence-corrected chi connectivity index (χ3v) is 3.44. The van der Waals surface area contributed by atoms with Crippen LogP contribution in [-0.4, -0.2) is 5.96 Å². The van der Waals surface area contributed by atoms with Crippen LogP contribution in [0.15, 0.2) is 47.5 Å². The van der Waals surface area contributed by atoms with Gasteiger partial charge in [0.15, 0.2) is 0 Å². The van der Waals surface area contributed by atoms with Gasteiger partial charge in [0.2, 0.25) is 5.96 Å². The second-order valence-electron chi connectivity index (χ2n) is 4.12. The zero-order chi connectivity index (χ0) is 14.5. The fourth-order valence-corrected chi connectivity index (χ4v) is 2.07. The van der Waals surface area contributed by atoms with E-state index in [1.54, 1.807) is 6.07 Å². The van der Waals surface area contributed by atoms with Crippen LogP contribution in [0.4, 0.5) is 11.4 Å². The number of guanidine groups is 1. The van der Waals surface area contributed by atoms with Crippen molar-refractivity contribution in [3.05, 3.63) is 58.1 Å². The third kappa shape index (κ3) is 3.42. The standard InChI is InChI=1S/C14H14Cl2N4/c1-9-7-8-11(15)13(12(9)16)19-14(20-17)18-10-5-3-2-4-6-10/h2-8H,17H2,1H3,(H2,18,19,20). The number of nitrogens with zero attached hydrogens (tertiary/aromatic N) is 1. The van der Waals surface area contributed by atoms with Gasteiger partial charge >= 0.3 is 0 Å². The molecule has 0 aliphatic carbocycles. The average Bonchev–Trinajstić information content (AvgIpc) is 2.47. The highest BCUT2D eigenvalue weighted by atomic mass is 35.5. The van der Waals surface area contributed by atoms with Crippen molar-refractivity contribution in [1.82, 2.24) is 5.43 Å². The van der Waals surface area contributed by atoms with Crippen LogP contribution in [0.25, 0.3) is 0 Å². The highest BCUT2D eigenvalue weighted by Gasteiger charge is 2.09. The van der Waals surface area contributed by atoms with E-state index in [2.05, 4.69) is 15.7 Å². The summed E-state index contributed by atoms with van der Waals surface area (Å²) in [5.74, 6) is 5.83. The molecule has 0 bridgehead atoms. The fourth-order valence-electron chi connectivity index (χ4n) is 1.61. The lowest BCUT2D eigenvalue weighted by Gasteiger charge is -2.11. The Kier molecular flexibility index (Phi) is 4.84. The Morgan fingerprint density at radius 3 is 2.45 bits per heavy atom. The molecular formula is C14H14Cl2N4. The second kappa shape index (κ2) is 6.61. The van der Waals surface area contributed by atoms with E-state index in [1.807, 2.05) is 43.3 Å². The molecule has 20 heavy (non-hydrogen) atoms. The van der Waals surface area contributed by atoms with Crippen LogP contribution in [-0.2, 0) is 0 Å². The first-order chi connectivity index (χ1) is 9.61. The molecule has 0 fully saturated rings. The number of nitrogens with two attached hydrogens (primary N) is 1. The summed E-state index contributed by atoms with van der Waals surface area (Å²) in [5.41, 5.74) is 4.72. The van der Waals surface area contributed by atoms with E-state index in [4.69, 9.17) is 29.0 Å². The molecule has 0 aliphatic heterocycles. The Bertz CT molecular complexity index is 627. The number of halogens is 2. The molecule has 0 unspecified atom stereocenters. The van der Waals surface area contributed by atoms with Crippen molar-refractivity contribution >= 4 is 40.5 Å². The Labute approximate surface area is 127 Å². The quantitative estimate of drug-likeness (QED) is 0.341. The summed E-state index contributed by atoms with van der Waals surface area (Å²) >= 11 is 12.3. The molecule has 4 N–H and O–H groups in total. The summed E-state index contributed by atoms with van der Waals surface area (Å²) in [6.07, 6.45) is 0. The van der Waals surface area contributed by atoms with Crippen LogP contribution in [0.3, 0.4) is 0 Å². The fraction of sp³-hybridized carbons (Fsp3) is 0.0714. The number of benzene rings is 2. The molecular weight excluding hydrogens is 295 g/mol. The van der Waals surface area contributed by atoms with Crippen molar-refractivity contribution < 1.29 is 0 Å². The lowest BCUT2D eigenvalue weighted by atomic mass is 10.2. The van der Waals surface area contributed by atoms with Crippen LogP contribution in [0.1, 0.15) is 5.56 Å².